The first-order chi connectivity index (χ1) is 8.70. The van der Waals surface area contributed by atoms with Crippen LogP contribution < -0.4 is 4.74 Å². The van der Waals surface area contributed by atoms with Crippen LogP contribution in [0.15, 0.2) is 29.0 Å². The van der Waals surface area contributed by atoms with Gasteiger partial charge in [-0.05, 0) is 24.6 Å². The minimum Gasteiger partial charge on any atom is -0.484 e. The molecule has 96 valence electrons. The molecule has 1 aromatic carbocycles. The zero-order chi connectivity index (χ0) is 13.0. The van der Waals surface area contributed by atoms with Crippen molar-refractivity contribution in [2.24, 2.45) is 0 Å². The Morgan fingerprint density at radius 3 is 3.06 bits per heavy atom. The lowest BCUT2D eigenvalue weighted by atomic mass is 10.3. The van der Waals surface area contributed by atoms with Crippen LogP contribution in [-0.2, 0) is 13.2 Å². The molecule has 0 aliphatic heterocycles. The molecular weight excluding hydrogens is 318 g/mol. The predicted octanol–water partition coefficient (Wildman–Crippen LogP) is 3.68. The summed E-state index contributed by atoms with van der Waals surface area (Å²) in [5.41, 5.74) is 0. The van der Waals surface area contributed by atoms with E-state index in [2.05, 4.69) is 32.9 Å². The number of hydrogen-bond donors (Lipinski definition) is 0. The van der Waals surface area contributed by atoms with Crippen LogP contribution in [0.4, 0.5) is 0 Å². The van der Waals surface area contributed by atoms with Gasteiger partial charge in [-0.15, -0.1) is 0 Å². The molecule has 4 nitrogen and oxygen atoms in total. The molecule has 0 saturated carbocycles. The Bertz CT molecular complexity index is 530. The Kier molecular flexibility index (Phi) is 4.60. The van der Waals surface area contributed by atoms with Gasteiger partial charge in [0.25, 0.3) is 0 Å². The Labute approximate surface area is 119 Å². The van der Waals surface area contributed by atoms with Gasteiger partial charge >= 0.3 is 0 Å². The summed E-state index contributed by atoms with van der Waals surface area (Å²) >= 11 is 9.43. The summed E-state index contributed by atoms with van der Waals surface area (Å²) in [6.45, 7) is 3.29. The zero-order valence-electron chi connectivity index (χ0n) is 9.94. The van der Waals surface area contributed by atoms with Crippen molar-refractivity contribution in [1.82, 2.24) is 14.8 Å². The fourth-order valence-corrected chi connectivity index (χ4v) is 2.04. The van der Waals surface area contributed by atoms with Crippen molar-refractivity contribution in [2.75, 3.05) is 0 Å². The van der Waals surface area contributed by atoms with Crippen molar-refractivity contribution >= 4 is 27.5 Å². The van der Waals surface area contributed by atoms with Crippen LogP contribution in [0.2, 0.25) is 5.02 Å². The second-order valence-corrected chi connectivity index (χ2v) is 5.09. The molecule has 0 amide bonds. The van der Waals surface area contributed by atoms with Crippen LogP contribution in [0.1, 0.15) is 19.2 Å². The summed E-state index contributed by atoms with van der Waals surface area (Å²) in [5.74, 6) is 1.44. The van der Waals surface area contributed by atoms with Crippen molar-refractivity contribution in [3.8, 4) is 5.75 Å². The van der Waals surface area contributed by atoms with Crippen molar-refractivity contribution in [1.29, 1.82) is 0 Å². The Hall–Kier alpha value is -1.07. The van der Waals surface area contributed by atoms with Gasteiger partial charge in [-0.2, -0.15) is 5.10 Å². The molecule has 0 spiro atoms. The van der Waals surface area contributed by atoms with Gasteiger partial charge < -0.3 is 4.74 Å². The highest BCUT2D eigenvalue weighted by Gasteiger charge is 2.07. The summed E-state index contributed by atoms with van der Waals surface area (Å²) in [6, 6.07) is 5.50. The predicted molar refractivity (Wildman–Crippen MR) is 73.8 cm³/mol. The standard InChI is InChI=1S/C12H13BrClN3O/c1-2-5-17-12(15-8-16-17)7-18-11-6-9(13)3-4-10(11)14/h3-4,6,8H,2,5,7H2,1H3. The number of hydrogen-bond acceptors (Lipinski definition) is 3. The average molecular weight is 331 g/mol. The summed E-state index contributed by atoms with van der Waals surface area (Å²) in [5, 5.41) is 4.72. The fraction of sp³-hybridized carbons (Fsp3) is 0.333. The quantitative estimate of drug-likeness (QED) is 0.839. The highest BCUT2D eigenvalue weighted by molar-refractivity contribution is 9.10. The summed E-state index contributed by atoms with van der Waals surface area (Å²) in [7, 11) is 0. The number of aryl methyl sites for hydroxylation is 1. The maximum Gasteiger partial charge on any atom is 0.164 e. The second-order valence-electron chi connectivity index (χ2n) is 3.76. The molecule has 2 rings (SSSR count). The maximum absolute atomic E-state index is 6.05. The van der Waals surface area contributed by atoms with E-state index in [4.69, 9.17) is 16.3 Å². The maximum atomic E-state index is 6.05. The van der Waals surface area contributed by atoms with Gasteiger partial charge in [-0.1, -0.05) is 34.5 Å². The molecule has 0 atom stereocenters. The van der Waals surface area contributed by atoms with Crippen LogP contribution in [-0.4, -0.2) is 14.8 Å². The largest absolute Gasteiger partial charge is 0.484 e. The second kappa shape index (κ2) is 6.20. The Balaban J connectivity index is 2.06. The van der Waals surface area contributed by atoms with E-state index in [9.17, 15) is 0 Å². The zero-order valence-corrected chi connectivity index (χ0v) is 12.3. The first-order valence-corrected chi connectivity index (χ1v) is 6.82. The fourth-order valence-electron chi connectivity index (χ4n) is 1.53. The Morgan fingerprint density at radius 2 is 2.28 bits per heavy atom. The Morgan fingerprint density at radius 1 is 1.44 bits per heavy atom. The molecule has 18 heavy (non-hydrogen) atoms. The molecule has 0 bridgehead atoms. The van der Waals surface area contributed by atoms with Gasteiger partial charge in [-0.25, -0.2) is 9.67 Å². The topological polar surface area (TPSA) is 39.9 Å². The molecule has 0 N–H and O–H groups in total. The lowest BCUT2D eigenvalue weighted by molar-refractivity contribution is 0.286. The van der Waals surface area contributed by atoms with Crippen LogP contribution in [0.25, 0.3) is 0 Å². The SMILES string of the molecule is CCCn1ncnc1COc1cc(Br)ccc1Cl. The van der Waals surface area contributed by atoms with Crippen molar-refractivity contribution in [3.63, 3.8) is 0 Å². The van der Waals surface area contributed by atoms with Gasteiger partial charge in [0.05, 0.1) is 5.02 Å². The molecule has 0 unspecified atom stereocenters. The minimum atomic E-state index is 0.357. The van der Waals surface area contributed by atoms with Gasteiger partial charge in [0.15, 0.2) is 5.82 Å². The van der Waals surface area contributed by atoms with Gasteiger partial charge in [0, 0.05) is 11.0 Å². The highest BCUT2D eigenvalue weighted by atomic mass is 79.9. The molecule has 6 heteroatoms. The van der Waals surface area contributed by atoms with E-state index in [1.54, 1.807) is 6.07 Å². The molecule has 0 radical (unpaired) electrons. The normalized spacial score (nSPS) is 10.6. The van der Waals surface area contributed by atoms with E-state index in [0.29, 0.717) is 17.4 Å². The van der Waals surface area contributed by atoms with Crippen molar-refractivity contribution in [2.45, 2.75) is 26.5 Å². The first kappa shape index (κ1) is 13.4. The van der Waals surface area contributed by atoms with Gasteiger partial charge in [0.2, 0.25) is 0 Å². The molecule has 2 aromatic rings. The molecule has 0 saturated heterocycles. The number of ether oxygens (including phenoxy) is 1. The molecule has 1 aromatic heterocycles. The smallest absolute Gasteiger partial charge is 0.164 e. The first-order valence-electron chi connectivity index (χ1n) is 5.65. The number of rotatable bonds is 5. The third-order valence-corrected chi connectivity index (χ3v) is 3.19. The third-order valence-electron chi connectivity index (χ3n) is 2.38. The summed E-state index contributed by atoms with van der Waals surface area (Å²) in [6.07, 6.45) is 2.55. The molecule has 0 aliphatic carbocycles. The average Bonchev–Trinajstić information content (AvgIpc) is 2.78. The van der Waals surface area contributed by atoms with Crippen LogP contribution >= 0.6 is 27.5 Å². The summed E-state index contributed by atoms with van der Waals surface area (Å²) in [4.78, 5) is 4.17. The van der Waals surface area contributed by atoms with Crippen molar-refractivity contribution < 1.29 is 4.74 Å². The lowest BCUT2D eigenvalue weighted by Crippen LogP contribution is -2.08. The van der Waals surface area contributed by atoms with Gasteiger partial charge in [0.1, 0.15) is 18.7 Å². The van der Waals surface area contributed by atoms with Crippen LogP contribution in [0.5, 0.6) is 5.75 Å². The summed E-state index contributed by atoms with van der Waals surface area (Å²) < 4.78 is 8.43. The molecule has 1 heterocycles. The third kappa shape index (κ3) is 3.23. The van der Waals surface area contributed by atoms with Crippen LogP contribution in [0, 0.1) is 0 Å². The molecule has 0 fully saturated rings. The van der Waals surface area contributed by atoms with E-state index < -0.39 is 0 Å². The van der Waals surface area contributed by atoms with E-state index in [1.165, 1.54) is 6.33 Å². The molecular formula is C12H13BrClN3O. The van der Waals surface area contributed by atoms with E-state index >= 15 is 0 Å². The lowest BCUT2D eigenvalue weighted by Gasteiger charge is -2.09. The van der Waals surface area contributed by atoms with Crippen LogP contribution in [0.3, 0.4) is 0 Å². The van der Waals surface area contributed by atoms with Gasteiger partial charge in [-0.3, -0.25) is 0 Å². The van der Waals surface area contributed by atoms with Crippen molar-refractivity contribution in [3.05, 3.63) is 39.8 Å². The number of benzene rings is 1. The van der Waals surface area contributed by atoms with E-state index in [-0.39, 0.29) is 0 Å². The molecule has 0 aliphatic rings. The van der Waals surface area contributed by atoms with E-state index in [0.717, 1.165) is 23.3 Å². The van der Waals surface area contributed by atoms with E-state index in [1.807, 2.05) is 16.8 Å². The number of aromatic nitrogens is 3. The highest BCUT2D eigenvalue weighted by Crippen LogP contribution is 2.28. The number of halogens is 2. The number of nitrogens with zero attached hydrogens (tertiary/aromatic N) is 3. The monoisotopic (exact) mass is 329 g/mol. The minimum absolute atomic E-state index is 0.357.